The van der Waals surface area contributed by atoms with Crippen LogP contribution in [0.3, 0.4) is 0 Å². The van der Waals surface area contributed by atoms with E-state index in [0.29, 0.717) is 22.8 Å². The van der Waals surface area contributed by atoms with Gasteiger partial charge in [0.1, 0.15) is 0 Å². The van der Waals surface area contributed by atoms with E-state index in [4.69, 9.17) is 11.6 Å². The molecule has 5 nitrogen and oxygen atoms in total. The molecule has 1 rings (SSSR count). The Hall–Kier alpha value is -1.88. The van der Waals surface area contributed by atoms with E-state index in [9.17, 15) is 9.59 Å². The van der Waals surface area contributed by atoms with Crippen LogP contribution in [0, 0.1) is 6.92 Å². The van der Waals surface area contributed by atoms with Crippen LogP contribution in [0.1, 0.15) is 18.9 Å². The molecule has 96 valence electrons. The van der Waals surface area contributed by atoms with Crippen molar-refractivity contribution in [2.75, 3.05) is 5.32 Å². The zero-order chi connectivity index (χ0) is 13.5. The van der Waals surface area contributed by atoms with Gasteiger partial charge >= 0.3 is 0 Å². The Morgan fingerprint density at radius 1 is 1.50 bits per heavy atom. The van der Waals surface area contributed by atoms with Crippen molar-refractivity contribution in [1.82, 2.24) is 5.43 Å². The largest absolute Gasteiger partial charge is 0.325 e. The lowest BCUT2D eigenvalue weighted by atomic mass is 10.2. The Morgan fingerprint density at radius 3 is 2.89 bits per heavy atom. The number of carbonyl (C=O) groups is 2. The summed E-state index contributed by atoms with van der Waals surface area (Å²) in [7, 11) is 0. The smallest absolute Gasteiger partial charge is 0.230 e. The van der Waals surface area contributed by atoms with E-state index in [1.807, 2.05) is 6.92 Å². The summed E-state index contributed by atoms with van der Waals surface area (Å²) in [4.78, 5) is 21.7. The molecule has 1 aromatic rings. The molecule has 0 aliphatic carbocycles. The third kappa shape index (κ3) is 4.18. The zero-order valence-electron chi connectivity index (χ0n) is 10.2. The van der Waals surface area contributed by atoms with Gasteiger partial charge in [-0.2, -0.15) is 5.10 Å². The van der Waals surface area contributed by atoms with Crippen LogP contribution in [0.15, 0.2) is 23.3 Å². The average Bonchev–Trinajstić information content (AvgIpc) is 2.32. The Balaban J connectivity index is 2.65. The number of benzene rings is 1. The summed E-state index contributed by atoms with van der Waals surface area (Å²) < 4.78 is 0. The van der Waals surface area contributed by atoms with Gasteiger partial charge in [0.15, 0.2) is 0 Å². The van der Waals surface area contributed by atoms with Crippen molar-refractivity contribution in [1.29, 1.82) is 0 Å². The van der Waals surface area contributed by atoms with Crippen LogP contribution in [0.5, 0.6) is 0 Å². The highest BCUT2D eigenvalue weighted by Gasteiger charge is 2.07. The van der Waals surface area contributed by atoms with Gasteiger partial charge in [-0.25, -0.2) is 5.43 Å². The maximum absolute atomic E-state index is 11.7. The van der Waals surface area contributed by atoms with Gasteiger partial charge in [-0.3, -0.25) is 9.59 Å². The quantitative estimate of drug-likeness (QED) is 0.487. The lowest BCUT2D eigenvalue weighted by molar-refractivity contribution is -0.115. The summed E-state index contributed by atoms with van der Waals surface area (Å²) in [6.07, 6.45) is 0.551. The summed E-state index contributed by atoms with van der Waals surface area (Å²) in [5, 5.41) is 7.01. The minimum absolute atomic E-state index is 0.104. The number of nitrogens with one attached hydrogen (secondary N) is 2. The van der Waals surface area contributed by atoms with Gasteiger partial charge in [0.2, 0.25) is 12.3 Å². The molecule has 0 fully saturated rings. The molecule has 0 aromatic heterocycles. The molecule has 0 atom stereocenters. The molecule has 0 saturated carbocycles. The minimum atomic E-state index is -0.214. The van der Waals surface area contributed by atoms with Crippen LogP contribution >= 0.6 is 11.6 Å². The lowest BCUT2D eigenvalue weighted by Gasteiger charge is -2.09. The number of hydrogen-bond donors (Lipinski definition) is 2. The Kier molecular flexibility index (Phi) is 5.32. The van der Waals surface area contributed by atoms with Gasteiger partial charge in [0, 0.05) is 16.4 Å². The normalized spacial score (nSPS) is 10.9. The van der Waals surface area contributed by atoms with Crippen molar-refractivity contribution >= 4 is 35.3 Å². The van der Waals surface area contributed by atoms with Gasteiger partial charge in [0.05, 0.1) is 6.42 Å². The first-order valence-corrected chi connectivity index (χ1v) is 5.69. The van der Waals surface area contributed by atoms with Crippen molar-refractivity contribution in [3.05, 3.63) is 28.8 Å². The monoisotopic (exact) mass is 267 g/mol. The van der Waals surface area contributed by atoms with E-state index in [-0.39, 0.29) is 12.3 Å². The Labute approximate surface area is 110 Å². The molecule has 2 amide bonds. The second-order valence-electron chi connectivity index (χ2n) is 3.73. The summed E-state index contributed by atoms with van der Waals surface area (Å²) in [6, 6.07) is 5.29. The van der Waals surface area contributed by atoms with Crippen LogP contribution in [0.25, 0.3) is 0 Å². The number of halogens is 1. The fourth-order valence-corrected chi connectivity index (χ4v) is 1.52. The highest BCUT2D eigenvalue weighted by atomic mass is 35.5. The number of nitrogens with zero attached hydrogens (tertiary/aromatic N) is 1. The first-order valence-electron chi connectivity index (χ1n) is 5.32. The minimum Gasteiger partial charge on any atom is -0.325 e. The molecular weight excluding hydrogens is 254 g/mol. The summed E-state index contributed by atoms with van der Waals surface area (Å²) in [5.41, 5.74) is 4.14. The molecule has 0 radical (unpaired) electrons. The van der Waals surface area contributed by atoms with Crippen LogP contribution in [-0.2, 0) is 9.59 Å². The number of hydrogen-bond acceptors (Lipinski definition) is 3. The van der Waals surface area contributed by atoms with E-state index in [1.54, 1.807) is 25.1 Å². The first-order chi connectivity index (χ1) is 8.54. The fraction of sp³-hybridized carbons (Fsp3) is 0.250. The summed E-state index contributed by atoms with van der Waals surface area (Å²) in [6.45, 7) is 3.48. The van der Waals surface area contributed by atoms with Crippen LogP contribution in [-0.4, -0.2) is 18.0 Å². The average molecular weight is 268 g/mol. The lowest BCUT2D eigenvalue weighted by Crippen LogP contribution is -2.17. The van der Waals surface area contributed by atoms with Crippen LogP contribution < -0.4 is 10.7 Å². The molecule has 1 aromatic carbocycles. The molecule has 0 spiro atoms. The van der Waals surface area contributed by atoms with Crippen molar-refractivity contribution in [3.8, 4) is 0 Å². The highest BCUT2D eigenvalue weighted by Crippen LogP contribution is 2.22. The second-order valence-corrected chi connectivity index (χ2v) is 4.14. The van der Waals surface area contributed by atoms with Crippen LogP contribution in [0.4, 0.5) is 5.69 Å². The van der Waals surface area contributed by atoms with Crippen molar-refractivity contribution in [2.45, 2.75) is 20.3 Å². The fourth-order valence-electron chi connectivity index (χ4n) is 1.35. The van der Waals surface area contributed by atoms with Crippen LogP contribution in [0.2, 0.25) is 5.02 Å². The molecular formula is C12H14ClN3O2. The molecule has 0 aliphatic rings. The molecule has 0 bridgehead atoms. The Bertz CT molecular complexity index is 486. The SMILES string of the molecule is C/C(CC(=O)Nc1cccc(Cl)c1C)=N/NC=O. The standard InChI is InChI=1S/C12H14ClN3O2/c1-8(16-14-7-17)6-12(18)15-11-5-3-4-10(13)9(11)2/h3-5,7H,6H2,1-2H3,(H,14,17)(H,15,18)/b16-8-. The maximum atomic E-state index is 11.7. The number of amides is 2. The first kappa shape index (κ1) is 14.2. The van der Waals surface area contributed by atoms with Gasteiger partial charge in [0.25, 0.3) is 0 Å². The third-order valence-electron chi connectivity index (χ3n) is 2.27. The topological polar surface area (TPSA) is 70.6 Å². The zero-order valence-corrected chi connectivity index (χ0v) is 10.9. The highest BCUT2D eigenvalue weighted by molar-refractivity contribution is 6.31. The molecule has 2 N–H and O–H groups in total. The van der Waals surface area contributed by atoms with E-state index in [2.05, 4.69) is 15.8 Å². The molecule has 18 heavy (non-hydrogen) atoms. The van der Waals surface area contributed by atoms with Crippen molar-refractivity contribution in [2.24, 2.45) is 5.10 Å². The van der Waals surface area contributed by atoms with E-state index < -0.39 is 0 Å². The van der Waals surface area contributed by atoms with Crippen molar-refractivity contribution in [3.63, 3.8) is 0 Å². The predicted octanol–water partition coefficient (Wildman–Crippen LogP) is 2.10. The van der Waals surface area contributed by atoms with E-state index >= 15 is 0 Å². The number of anilines is 1. The summed E-state index contributed by atoms with van der Waals surface area (Å²) in [5.74, 6) is -0.214. The van der Waals surface area contributed by atoms with E-state index in [0.717, 1.165) is 5.56 Å². The number of rotatable bonds is 5. The van der Waals surface area contributed by atoms with Gasteiger partial charge in [-0.1, -0.05) is 17.7 Å². The maximum Gasteiger partial charge on any atom is 0.230 e. The Morgan fingerprint density at radius 2 is 2.22 bits per heavy atom. The number of carbonyl (C=O) groups excluding carboxylic acids is 2. The van der Waals surface area contributed by atoms with Crippen molar-refractivity contribution < 1.29 is 9.59 Å². The number of hydrazone groups is 1. The molecule has 0 saturated heterocycles. The predicted molar refractivity (Wildman–Crippen MR) is 71.7 cm³/mol. The third-order valence-corrected chi connectivity index (χ3v) is 2.68. The second kappa shape index (κ2) is 6.76. The molecule has 0 aliphatic heterocycles. The molecule has 6 heteroatoms. The summed E-state index contributed by atoms with van der Waals surface area (Å²) >= 11 is 5.95. The molecule has 0 unspecified atom stereocenters. The molecule has 0 heterocycles. The van der Waals surface area contributed by atoms with Gasteiger partial charge < -0.3 is 5.32 Å². The van der Waals surface area contributed by atoms with E-state index in [1.165, 1.54) is 0 Å². The van der Waals surface area contributed by atoms with Gasteiger partial charge in [-0.15, -0.1) is 0 Å². The van der Waals surface area contributed by atoms with Gasteiger partial charge in [-0.05, 0) is 31.5 Å².